The van der Waals surface area contributed by atoms with E-state index < -0.39 is 5.97 Å². The quantitative estimate of drug-likeness (QED) is 0.698. The zero-order valence-electron chi connectivity index (χ0n) is 8.33. The molecule has 2 aliphatic rings. The molecule has 14 heavy (non-hydrogen) atoms. The van der Waals surface area contributed by atoms with Crippen LogP contribution < -0.4 is 0 Å². The van der Waals surface area contributed by atoms with Crippen molar-refractivity contribution < 1.29 is 9.90 Å². The van der Waals surface area contributed by atoms with Crippen molar-refractivity contribution in [3.05, 3.63) is 23.3 Å². The SMILES string of the molecule is O=C(O)C(C1=CCCC1)C1=CCCC1. The predicted molar refractivity (Wildman–Crippen MR) is 55.0 cm³/mol. The van der Waals surface area contributed by atoms with E-state index in [1.54, 1.807) is 0 Å². The maximum atomic E-state index is 11.2. The number of rotatable bonds is 3. The van der Waals surface area contributed by atoms with Gasteiger partial charge in [-0.3, -0.25) is 4.79 Å². The number of hydrogen-bond acceptors (Lipinski definition) is 1. The lowest BCUT2D eigenvalue weighted by atomic mass is 9.90. The van der Waals surface area contributed by atoms with Gasteiger partial charge in [0.05, 0.1) is 5.92 Å². The Morgan fingerprint density at radius 1 is 1.14 bits per heavy atom. The van der Waals surface area contributed by atoms with Crippen molar-refractivity contribution >= 4 is 5.97 Å². The van der Waals surface area contributed by atoms with E-state index in [-0.39, 0.29) is 5.92 Å². The van der Waals surface area contributed by atoms with Gasteiger partial charge in [0.2, 0.25) is 0 Å². The summed E-state index contributed by atoms with van der Waals surface area (Å²) in [6, 6.07) is 0. The van der Waals surface area contributed by atoms with Crippen molar-refractivity contribution in [1.82, 2.24) is 0 Å². The van der Waals surface area contributed by atoms with E-state index in [4.69, 9.17) is 0 Å². The summed E-state index contributed by atoms with van der Waals surface area (Å²) in [4.78, 5) is 11.2. The Morgan fingerprint density at radius 2 is 1.64 bits per heavy atom. The third-order valence-corrected chi connectivity index (χ3v) is 3.14. The molecule has 0 saturated carbocycles. The van der Waals surface area contributed by atoms with Crippen LogP contribution >= 0.6 is 0 Å². The molecule has 0 atom stereocenters. The summed E-state index contributed by atoms with van der Waals surface area (Å²) in [6.07, 6.45) is 10.6. The van der Waals surface area contributed by atoms with Gasteiger partial charge in [-0.1, -0.05) is 23.3 Å². The van der Waals surface area contributed by atoms with Gasteiger partial charge in [-0.25, -0.2) is 0 Å². The molecular weight excluding hydrogens is 176 g/mol. The second kappa shape index (κ2) is 3.99. The minimum absolute atomic E-state index is 0.292. The Labute approximate surface area is 84.3 Å². The third kappa shape index (κ3) is 1.74. The zero-order valence-corrected chi connectivity index (χ0v) is 8.33. The zero-order chi connectivity index (χ0) is 9.97. The molecule has 2 nitrogen and oxygen atoms in total. The Bertz CT molecular complexity index is 275. The monoisotopic (exact) mass is 192 g/mol. The van der Waals surface area contributed by atoms with Crippen LogP contribution in [0.25, 0.3) is 0 Å². The minimum Gasteiger partial charge on any atom is -0.481 e. The molecule has 0 aromatic carbocycles. The molecule has 2 rings (SSSR count). The highest BCUT2D eigenvalue weighted by atomic mass is 16.4. The van der Waals surface area contributed by atoms with Crippen molar-refractivity contribution in [2.75, 3.05) is 0 Å². The number of aliphatic carboxylic acids is 1. The third-order valence-electron chi connectivity index (χ3n) is 3.14. The van der Waals surface area contributed by atoms with Crippen LogP contribution in [0.1, 0.15) is 38.5 Å². The number of carboxylic acid groups (broad SMARTS) is 1. The normalized spacial score (nSPS) is 21.2. The van der Waals surface area contributed by atoms with Crippen LogP contribution in [-0.4, -0.2) is 11.1 Å². The molecule has 0 aliphatic heterocycles. The van der Waals surface area contributed by atoms with Crippen molar-refractivity contribution in [3.63, 3.8) is 0 Å². The van der Waals surface area contributed by atoms with E-state index in [1.165, 1.54) is 0 Å². The lowest BCUT2D eigenvalue weighted by molar-refractivity contribution is -0.139. The fourth-order valence-electron chi connectivity index (χ4n) is 2.47. The van der Waals surface area contributed by atoms with Gasteiger partial charge < -0.3 is 5.11 Å². The lowest BCUT2D eigenvalue weighted by Gasteiger charge is -2.15. The molecule has 76 valence electrons. The van der Waals surface area contributed by atoms with Gasteiger partial charge in [0, 0.05) is 0 Å². The van der Waals surface area contributed by atoms with E-state index in [0.29, 0.717) is 0 Å². The Morgan fingerprint density at radius 3 is 1.93 bits per heavy atom. The van der Waals surface area contributed by atoms with Gasteiger partial charge >= 0.3 is 5.97 Å². The Hall–Kier alpha value is -1.05. The van der Waals surface area contributed by atoms with Crippen LogP contribution in [0, 0.1) is 5.92 Å². The van der Waals surface area contributed by atoms with Crippen molar-refractivity contribution in [2.45, 2.75) is 38.5 Å². The molecule has 2 heteroatoms. The van der Waals surface area contributed by atoms with Crippen molar-refractivity contribution in [3.8, 4) is 0 Å². The summed E-state index contributed by atoms with van der Waals surface area (Å²) in [6.45, 7) is 0. The number of carbonyl (C=O) groups is 1. The lowest BCUT2D eigenvalue weighted by Crippen LogP contribution is -2.17. The van der Waals surface area contributed by atoms with E-state index in [1.807, 2.05) is 0 Å². The maximum Gasteiger partial charge on any atom is 0.314 e. The maximum absolute atomic E-state index is 11.2. The average Bonchev–Trinajstić information content (AvgIpc) is 2.75. The minimum atomic E-state index is -0.661. The number of hydrogen-bond donors (Lipinski definition) is 1. The topological polar surface area (TPSA) is 37.3 Å². The van der Waals surface area contributed by atoms with Gasteiger partial charge in [0.25, 0.3) is 0 Å². The predicted octanol–water partition coefficient (Wildman–Crippen LogP) is 2.91. The van der Waals surface area contributed by atoms with Crippen molar-refractivity contribution in [1.29, 1.82) is 0 Å². The Balaban J connectivity index is 2.18. The van der Waals surface area contributed by atoms with E-state index in [0.717, 1.165) is 49.7 Å². The summed E-state index contributed by atoms with van der Waals surface area (Å²) in [7, 11) is 0. The molecule has 0 heterocycles. The molecule has 0 amide bonds. The molecule has 0 saturated heterocycles. The van der Waals surface area contributed by atoms with Crippen LogP contribution in [0.4, 0.5) is 0 Å². The summed E-state index contributed by atoms with van der Waals surface area (Å²) < 4.78 is 0. The van der Waals surface area contributed by atoms with Crippen LogP contribution in [0.15, 0.2) is 23.3 Å². The highest BCUT2D eigenvalue weighted by Crippen LogP contribution is 2.35. The molecular formula is C12H16O2. The fourth-order valence-corrected chi connectivity index (χ4v) is 2.47. The molecule has 1 N–H and O–H groups in total. The Kier molecular flexibility index (Phi) is 2.71. The number of carboxylic acids is 1. The largest absolute Gasteiger partial charge is 0.481 e. The van der Waals surface area contributed by atoms with Crippen LogP contribution in [0.3, 0.4) is 0 Å². The second-order valence-electron chi connectivity index (χ2n) is 4.11. The first-order chi connectivity index (χ1) is 6.79. The summed E-state index contributed by atoms with van der Waals surface area (Å²) in [5.41, 5.74) is 2.29. The standard InChI is InChI=1S/C12H16O2/c13-12(14)11(9-5-1-2-6-9)10-7-3-4-8-10/h5,7,11H,1-4,6,8H2,(H,13,14). The fraction of sp³-hybridized carbons (Fsp3) is 0.583. The molecule has 0 spiro atoms. The molecule has 0 unspecified atom stereocenters. The van der Waals surface area contributed by atoms with Crippen LogP contribution in [0.5, 0.6) is 0 Å². The van der Waals surface area contributed by atoms with Gasteiger partial charge in [0.15, 0.2) is 0 Å². The van der Waals surface area contributed by atoms with Crippen molar-refractivity contribution in [2.24, 2.45) is 5.92 Å². The van der Waals surface area contributed by atoms with Gasteiger partial charge in [-0.05, 0) is 38.5 Å². The molecule has 0 bridgehead atoms. The highest BCUT2D eigenvalue weighted by molar-refractivity contribution is 5.77. The first-order valence-corrected chi connectivity index (χ1v) is 5.39. The second-order valence-corrected chi connectivity index (χ2v) is 4.11. The first-order valence-electron chi connectivity index (χ1n) is 5.39. The molecule has 2 aliphatic carbocycles. The van der Waals surface area contributed by atoms with Crippen LogP contribution in [-0.2, 0) is 4.79 Å². The summed E-state index contributed by atoms with van der Waals surface area (Å²) >= 11 is 0. The first kappa shape index (κ1) is 9.50. The molecule has 0 radical (unpaired) electrons. The van der Waals surface area contributed by atoms with Crippen LogP contribution in [0.2, 0.25) is 0 Å². The smallest absolute Gasteiger partial charge is 0.314 e. The van der Waals surface area contributed by atoms with E-state index >= 15 is 0 Å². The summed E-state index contributed by atoms with van der Waals surface area (Å²) in [5, 5.41) is 9.21. The van der Waals surface area contributed by atoms with Gasteiger partial charge in [-0.15, -0.1) is 0 Å². The average molecular weight is 192 g/mol. The van der Waals surface area contributed by atoms with E-state index in [9.17, 15) is 9.90 Å². The van der Waals surface area contributed by atoms with E-state index in [2.05, 4.69) is 12.2 Å². The molecule has 0 aromatic rings. The van der Waals surface area contributed by atoms with Gasteiger partial charge in [-0.2, -0.15) is 0 Å². The highest BCUT2D eigenvalue weighted by Gasteiger charge is 2.28. The molecule has 0 aromatic heterocycles. The summed E-state index contributed by atoms with van der Waals surface area (Å²) in [5.74, 6) is -0.953. The van der Waals surface area contributed by atoms with Gasteiger partial charge in [0.1, 0.15) is 0 Å². The number of allylic oxidation sites excluding steroid dienone is 2. The molecule has 0 fully saturated rings.